The molecule has 0 heterocycles. The Morgan fingerprint density at radius 2 is 1.75 bits per heavy atom. The van der Waals surface area contributed by atoms with Crippen LogP contribution in [0.15, 0.2) is 24.3 Å². The van der Waals surface area contributed by atoms with Crippen molar-refractivity contribution in [1.29, 1.82) is 0 Å². The summed E-state index contributed by atoms with van der Waals surface area (Å²) in [7, 11) is 1.93. The number of benzene rings is 1. The topological polar surface area (TPSA) is 12.0 Å². The number of hydrogen-bond donors (Lipinski definition) is 1. The van der Waals surface area contributed by atoms with Gasteiger partial charge in [-0.25, -0.2) is 0 Å². The fourth-order valence-corrected chi connectivity index (χ4v) is 3.07. The fourth-order valence-electron chi connectivity index (χ4n) is 3.07. The van der Waals surface area contributed by atoms with Gasteiger partial charge in [0.15, 0.2) is 0 Å². The molecule has 1 aromatic carbocycles. The maximum Gasteiger partial charge on any atom is 0.416 e. The highest BCUT2D eigenvalue weighted by Gasteiger charge is 2.30. The van der Waals surface area contributed by atoms with Crippen molar-refractivity contribution in [2.45, 2.75) is 50.7 Å². The van der Waals surface area contributed by atoms with E-state index in [2.05, 4.69) is 5.32 Å². The van der Waals surface area contributed by atoms with Crippen LogP contribution in [0.25, 0.3) is 0 Å². The van der Waals surface area contributed by atoms with Gasteiger partial charge in [0, 0.05) is 6.04 Å². The molecule has 0 amide bonds. The normalized spacial score (nSPS) is 18.4. The maximum atomic E-state index is 12.5. The van der Waals surface area contributed by atoms with Gasteiger partial charge in [-0.2, -0.15) is 13.2 Å². The summed E-state index contributed by atoms with van der Waals surface area (Å²) in [5.41, 5.74) is 0.397. The zero-order valence-corrected chi connectivity index (χ0v) is 11.8. The Hall–Kier alpha value is -1.03. The highest BCUT2D eigenvalue weighted by atomic mass is 19.4. The molecular formula is C16H22F3N. The lowest BCUT2D eigenvalue weighted by atomic mass is 9.94. The van der Waals surface area contributed by atoms with Crippen LogP contribution in [-0.2, 0) is 12.6 Å². The second-order valence-corrected chi connectivity index (χ2v) is 5.77. The Balaban J connectivity index is 1.93. The largest absolute Gasteiger partial charge is 0.416 e. The Labute approximate surface area is 118 Å². The first kappa shape index (κ1) is 15.4. The maximum absolute atomic E-state index is 12.5. The van der Waals surface area contributed by atoms with Gasteiger partial charge in [0.05, 0.1) is 5.56 Å². The van der Waals surface area contributed by atoms with Gasteiger partial charge in [-0.15, -0.1) is 0 Å². The van der Waals surface area contributed by atoms with Crippen LogP contribution in [0.4, 0.5) is 13.2 Å². The Kier molecular flexibility index (Phi) is 5.08. The van der Waals surface area contributed by atoms with Gasteiger partial charge in [0.25, 0.3) is 0 Å². The zero-order valence-electron chi connectivity index (χ0n) is 11.8. The molecule has 4 heteroatoms. The van der Waals surface area contributed by atoms with Gasteiger partial charge >= 0.3 is 6.18 Å². The molecule has 1 atom stereocenters. The minimum Gasteiger partial charge on any atom is -0.317 e. The molecule has 1 nitrogen and oxygen atoms in total. The van der Waals surface area contributed by atoms with E-state index in [-0.39, 0.29) is 0 Å². The third-order valence-electron chi connectivity index (χ3n) is 4.26. The molecule has 1 aliphatic rings. The number of likely N-dealkylation sites (N-methyl/N-ethyl adjacent to an activating group) is 1. The molecule has 0 saturated heterocycles. The van der Waals surface area contributed by atoms with Gasteiger partial charge in [0.1, 0.15) is 0 Å². The van der Waals surface area contributed by atoms with Gasteiger partial charge in [-0.1, -0.05) is 37.8 Å². The second kappa shape index (κ2) is 6.61. The molecular weight excluding hydrogens is 263 g/mol. The van der Waals surface area contributed by atoms with E-state index in [4.69, 9.17) is 0 Å². The molecule has 0 spiro atoms. The molecule has 2 rings (SSSR count). The molecule has 1 saturated carbocycles. The van der Waals surface area contributed by atoms with Crippen molar-refractivity contribution in [3.05, 3.63) is 35.4 Å². The molecule has 0 aliphatic heterocycles. The van der Waals surface area contributed by atoms with E-state index in [1.807, 2.05) is 7.05 Å². The van der Waals surface area contributed by atoms with E-state index in [9.17, 15) is 13.2 Å². The quantitative estimate of drug-likeness (QED) is 0.844. The van der Waals surface area contributed by atoms with Gasteiger partial charge < -0.3 is 5.32 Å². The lowest BCUT2D eigenvalue weighted by Gasteiger charge is -2.20. The summed E-state index contributed by atoms with van der Waals surface area (Å²) in [6.45, 7) is 0. The Morgan fingerprint density at radius 3 is 2.25 bits per heavy atom. The van der Waals surface area contributed by atoms with Crippen molar-refractivity contribution in [2.24, 2.45) is 5.92 Å². The fraction of sp³-hybridized carbons (Fsp3) is 0.625. The SMILES string of the molecule is CNC(Cc1ccc(C(F)(F)F)cc1)CC1CCCC1. The standard InChI is InChI=1S/C16H22F3N/c1-20-15(10-12-4-2-3-5-12)11-13-6-8-14(9-7-13)16(17,18)19/h6-9,12,15,20H,2-5,10-11H2,1H3. The first-order valence-corrected chi connectivity index (χ1v) is 7.32. The van der Waals surface area contributed by atoms with E-state index in [0.29, 0.717) is 6.04 Å². The van der Waals surface area contributed by atoms with Crippen LogP contribution in [-0.4, -0.2) is 13.1 Å². The average Bonchev–Trinajstić information content (AvgIpc) is 2.90. The van der Waals surface area contributed by atoms with Crippen molar-refractivity contribution >= 4 is 0 Å². The Bertz CT molecular complexity index is 405. The molecule has 1 fully saturated rings. The average molecular weight is 285 g/mol. The van der Waals surface area contributed by atoms with Crippen LogP contribution in [0, 0.1) is 5.92 Å². The third kappa shape index (κ3) is 4.23. The summed E-state index contributed by atoms with van der Waals surface area (Å²) < 4.78 is 37.5. The molecule has 1 aromatic rings. The number of hydrogen-bond acceptors (Lipinski definition) is 1. The molecule has 0 radical (unpaired) electrons. The molecule has 0 aromatic heterocycles. The van der Waals surface area contributed by atoms with Crippen molar-refractivity contribution in [3.63, 3.8) is 0 Å². The van der Waals surface area contributed by atoms with Gasteiger partial charge in [-0.05, 0) is 43.5 Å². The predicted octanol–water partition coefficient (Wildman–Crippen LogP) is 4.42. The summed E-state index contributed by atoms with van der Waals surface area (Å²) in [5, 5.41) is 3.30. The molecule has 1 unspecified atom stereocenters. The van der Waals surface area contributed by atoms with Crippen molar-refractivity contribution in [3.8, 4) is 0 Å². The van der Waals surface area contributed by atoms with Gasteiger partial charge in [-0.3, -0.25) is 0 Å². The van der Waals surface area contributed by atoms with E-state index >= 15 is 0 Å². The third-order valence-corrected chi connectivity index (χ3v) is 4.26. The van der Waals surface area contributed by atoms with E-state index in [1.165, 1.54) is 37.8 Å². The molecule has 112 valence electrons. The highest BCUT2D eigenvalue weighted by Crippen LogP contribution is 2.31. The second-order valence-electron chi connectivity index (χ2n) is 5.77. The smallest absolute Gasteiger partial charge is 0.317 e. The van der Waals surface area contributed by atoms with Crippen LogP contribution >= 0.6 is 0 Å². The Morgan fingerprint density at radius 1 is 1.15 bits per heavy atom. The first-order chi connectivity index (χ1) is 9.49. The number of alkyl halides is 3. The van der Waals surface area contributed by atoms with Gasteiger partial charge in [0.2, 0.25) is 0 Å². The lowest BCUT2D eigenvalue weighted by molar-refractivity contribution is -0.137. The zero-order chi connectivity index (χ0) is 14.6. The first-order valence-electron chi connectivity index (χ1n) is 7.32. The number of halogens is 3. The monoisotopic (exact) mass is 285 g/mol. The van der Waals surface area contributed by atoms with Crippen molar-refractivity contribution < 1.29 is 13.2 Å². The van der Waals surface area contributed by atoms with Crippen molar-refractivity contribution in [1.82, 2.24) is 5.32 Å². The van der Waals surface area contributed by atoms with E-state index in [1.54, 1.807) is 12.1 Å². The summed E-state index contributed by atoms with van der Waals surface area (Å²) in [6.07, 6.45) is 2.91. The lowest BCUT2D eigenvalue weighted by Crippen LogP contribution is -2.29. The highest BCUT2D eigenvalue weighted by molar-refractivity contribution is 5.25. The van der Waals surface area contributed by atoms with Crippen LogP contribution in [0.5, 0.6) is 0 Å². The molecule has 0 bridgehead atoms. The molecule has 1 aliphatic carbocycles. The minimum absolute atomic E-state index is 0.356. The summed E-state index contributed by atoms with van der Waals surface area (Å²) in [6, 6.07) is 5.91. The summed E-state index contributed by atoms with van der Waals surface area (Å²) >= 11 is 0. The van der Waals surface area contributed by atoms with E-state index < -0.39 is 11.7 Å². The van der Waals surface area contributed by atoms with Crippen molar-refractivity contribution in [2.75, 3.05) is 7.05 Å². The minimum atomic E-state index is -4.25. The molecule has 20 heavy (non-hydrogen) atoms. The van der Waals surface area contributed by atoms with E-state index in [0.717, 1.165) is 24.3 Å². The van der Waals surface area contributed by atoms with Crippen LogP contribution in [0.3, 0.4) is 0 Å². The predicted molar refractivity (Wildman–Crippen MR) is 74.6 cm³/mol. The van der Waals surface area contributed by atoms with Crippen LogP contribution in [0.2, 0.25) is 0 Å². The molecule has 1 N–H and O–H groups in total. The number of rotatable bonds is 5. The number of nitrogens with one attached hydrogen (secondary N) is 1. The van der Waals surface area contributed by atoms with Crippen LogP contribution < -0.4 is 5.32 Å². The van der Waals surface area contributed by atoms with Crippen LogP contribution in [0.1, 0.15) is 43.2 Å². The summed E-state index contributed by atoms with van der Waals surface area (Å²) in [5.74, 6) is 0.780. The summed E-state index contributed by atoms with van der Waals surface area (Å²) in [4.78, 5) is 0.